The maximum Gasteiger partial charge on any atom is 0.243 e. The van der Waals surface area contributed by atoms with E-state index in [0.717, 1.165) is 37.7 Å². The predicted octanol–water partition coefficient (Wildman–Crippen LogP) is 2.61. The third-order valence-corrected chi connectivity index (χ3v) is 7.74. The Bertz CT molecular complexity index is 967. The standard InChI is InChI=1S/C23H33N5O2S/c1-19(2)26(4)31(29,30)22-12-10-20(11-13-22)18-25-23(24-3)28-16-14-27(15-17-28)21-8-6-5-7-9-21/h5-13,19H,14-18H2,1-4H3,(H,24,25). The number of hydrogen-bond acceptors (Lipinski definition) is 4. The maximum atomic E-state index is 12.6. The van der Waals surface area contributed by atoms with E-state index in [1.165, 1.54) is 9.99 Å². The summed E-state index contributed by atoms with van der Waals surface area (Å²) >= 11 is 0. The Morgan fingerprint density at radius 1 is 1.03 bits per heavy atom. The van der Waals surface area contributed by atoms with Gasteiger partial charge in [0.15, 0.2) is 5.96 Å². The molecule has 8 heteroatoms. The first-order chi connectivity index (χ1) is 14.8. The van der Waals surface area contributed by atoms with Crippen LogP contribution in [0.5, 0.6) is 0 Å². The number of nitrogens with one attached hydrogen (secondary N) is 1. The minimum Gasteiger partial charge on any atom is -0.368 e. The van der Waals surface area contributed by atoms with Gasteiger partial charge < -0.3 is 15.1 Å². The van der Waals surface area contributed by atoms with E-state index in [2.05, 4.69) is 44.4 Å². The molecule has 0 aromatic heterocycles. The van der Waals surface area contributed by atoms with E-state index in [1.807, 2.05) is 32.0 Å². The van der Waals surface area contributed by atoms with Gasteiger partial charge in [-0.05, 0) is 43.7 Å². The van der Waals surface area contributed by atoms with Crippen molar-refractivity contribution >= 4 is 21.7 Å². The van der Waals surface area contributed by atoms with Gasteiger partial charge in [0, 0.05) is 58.5 Å². The minimum atomic E-state index is -3.46. The van der Waals surface area contributed by atoms with Gasteiger partial charge in [-0.25, -0.2) is 8.42 Å². The number of hydrogen-bond donors (Lipinski definition) is 1. The van der Waals surface area contributed by atoms with Gasteiger partial charge in [-0.3, -0.25) is 4.99 Å². The van der Waals surface area contributed by atoms with Crippen molar-refractivity contribution in [1.29, 1.82) is 0 Å². The lowest BCUT2D eigenvalue weighted by molar-refractivity contribution is 0.372. The molecule has 0 radical (unpaired) electrons. The van der Waals surface area contributed by atoms with Crippen LogP contribution in [0.15, 0.2) is 64.5 Å². The average molecular weight is 444 g/mol. The van der Waals surface area contributed by atoms with Crippen LogP contribution in [0.4, 0.5) is 5.69 Å². The zero-order valence-electron chi connectivity index (χ0n) is 18.8. The number of rotatable bonds is 6. The molecule has 2 aromatic carbocycles. The molecule has 1 heterocycles. The van der Waals surface area contributed by atoms with Crippen LogP contribution >= 0.6 is 0 Å². The monoisotopic (exact) mass is 443 g/mol. The highest BCUT2D eigenvalue weighted by atomic mass is 32.2. The van der Waals surface area contributed by atoms with Crippen LogP contribution in [0.2, 0.25) is 0 Å². The highest BCUT2D eigenvalue weighted by Crippen LogP contribution is 2.18. The van der Waals surface area contributed by atoms with Crippen LogP contribution < -0.4 is 10.2 Å². The van der Waals surface area contributed by atoms with Gasteiger partial charge in [0.1, 0.15) is 0 Å². The van der Waals surface area contributed by atoms with Crippen molar-refractivity contribution in [3.8, 4) is 0 Å². The third-order valence-electron chi connectivity index (χ3n) is 5.69. The van der Waals surface area contributed by atoms with Crippen molar-refractivity contribution in [2.24, 2.45) is 4.99 Å². The number of anilines is 1. The van der Waals surface area contributed by atoms with Crippen LogP contribution in [0.25, 0.3) is 0 Å². The number of nitrogens with zero attached hydrogens (tertiary/aromatic N) is 4. The van der Waals surface area contributed by atoms with E-state index in [9.17, 15) is 8.42 Å². The second kappa shape index (κ2) is 10.2. The normalized spacial score (nSPS) is 15.6. The number of para-hydroxylation sites is 1. The lowest BCUT2D eigenvalue weighted by atomic mass is 10.2. The molecule has 168 valence electrons. The summed E-state index contributed by atoms with van der Waals surface area (Å²) in [6.45, 7) is 8.00. The third kappa shape index (κ3) is 5.57. The van der Waals surface area contributed by atoms with Crippen LogP contribution in [0.3, 0.4) is 0 Å². The molecule has 0 unspecified atom stereocenters. The highest BCUT2D eigenvalue weighted by Gasteiger charge is 2.23. The predicted molar refractivity (Wildman–Crippen MR) is 127 cm³/mol. The minimum absolute atomic E-state index is 0.0861. The number of piperazine rings is 1. The summed E-state index contributed by atoms with van der Waals surface area (Å²) in [4.78, 5) is 9.39. The van der Waals surface area contributed by atoms with E-state index >= 15 is 0 Å². The lowest BCUT2D eigenvalue weighted by Gasteiger charge is -2.37. The Hall–Kier alpha value is -2.58. The highest BCUT2D eigenvalue weighted by molar-refractivity contribution is 7.89. The van der Waals surface area contributed by atoms with Crippen molar-refractivity contribution in [2.75, 3.05) is 45.2 Å². The van der Waals surface area contributed by atoms with Crippen LogP contribution in [-0.4, -0.2) is 69.9 Å². The zero-order valence-corrected chi connectivity index (χ0v) is 19.6. The molecule has 1 saturated heterocycles. The van der Waals surface area contributed by atoms with Crippen molar-refractivity contribution in [1.82, 2.24) is 14.5 Å². The topological polar surface area (TPSA) is 68.2 Å². The van der Waals surface area contributed by atoms with Crippen LogP contribution in [0.1, 0.15) is 19.4 Å². The van der Waals surface area contributed by atoms with E-state index in [-0.39, 0.29) is 6.04 Å². The molecule has 1 N–H and O–H groups in total. The summed E-state index contributed by atoms with van der Waals surface area (Å²) in [5.41, 5.74) is 2.26. The van der Waals surface area contributed by atoms with Gasteiger partial charge in [0.25, 0.3) is 0 Å². The smallest absolute Gasteiger partial charge is 0.243 e. The lowest BCUT2D eigenvalue weighted by Crippen LogP contribution is -2.52. The summed E-state index contributed by atoms with van der Waals surface area (Å²) < 4.78 is 26.6. The average Bonchev–Trinajstić information content (AvgIpc) is 2.80. The Balaban J connectivity index is 1.55. The number of guanidine groups is 1. The first-order valence-corrected chi connectivity index (χ1v) is 12.1. The summed E-state index contributed by atoms with van der Waals surface area (Å²) in [5, 5.41) is 3.41. The van der Waals surface area contributed by atoms with Gasteiger partial charge >= 0.3 is 0 Å². The number of sulfonamides is 1. The first-order valence-electron chi connectivity index (χ1n) is 10.7. The van der Waals surface area contributed by atoms with E-state index in [0.29, 0.717) is 11.4 Å². The van der Waals surface area contributed by atoms with Gasteiger partial charge in [-0.2, -0.15) is 4.31 Å². The second-order valence-electron chi connectivity index (χ2n) is 7.97. The molecule has 0 atom stereocenters. The molecule has 1 aliphatic rings. The molecule has 1 aliphatic heterocycles. The molecule has 0 aliphatic carbocycles. The van der Waals surface area contributed by atoms with Crippen molar-refractivity contribution in [2.45, 2.75) is 31.3 Å². The van der Waals surface area contributed by atoms with E-state index in [4.69, 9.17) is 0 Å². The maximum absolute atomic E-state index is 12.6. The Morgan fingerprint density at radius 3 is 2.19 bits per heavy atom. The molecular weight excluding hydrogens is 410 g/mol. The van der Waals surface area contributed by atoms with E-state index in [1.54, 1.807) is 26.2 Å². The van der Waals surface area contributed by atoms with Crippen LogP contribution in [-0.2, 0) is 16.6 Å². The van der Waals surface area contributed by atoms with Gasteiger partial charge in [-0.1, -0.05) is 30.3 Å². The van der Waals surface area contributed by atoms with Crippen molar-refractivity contribution < 1.29 is 8.42 Å². The fourth-order valence-electron chi connectivity index (χ4n) is 3.55. The zero-order chi connectivity index (χ0) is 22.4. The summed E-state index contributed by atoms with van der Waals surface area (Å²) in [6, 6.07) is 17.4. The Morgan fingerprint density at radius 2 is 1.65 bits per heavy atom. The fourth-order valence-corrected chi connectivity index (χ4v) is 4.92. The SMILES string of the molecule is CN=C(NCc1ccc(S(=O)(=O)N(C)C(C)C)cc1)N1CCN(c2ccccc2)CC1. The van der Waals surface area contributed by atoms with Gasteiger partial charge in [-0.15, -0.1) is 0 Å². The quantitative estimate of drug-likeness (QED) is 0.549. The summed E-state index contributed by atoms with van der Waals surface area (Å²) in [5.74, 6) is 0.865. The van der Waals surface area contributed by atoms with Crippen LogP contribution in [0, 0.1) is 0 Å². The molecular formula is C23H33N5O2S. The molecule has 1 fully saturated rings. The molecule has 3 rings (SSSR count). The van der Waals surface area contributed by atoms with E-state index < -0.39 is 10.0 Å². The first kappa shape index (κ1) is 23.1. The molecule has 0 amide bonds. The number of benzene rings is 2. The molecule has 0 bridgehead atoms. The fraction of sp³-hybridized carbons (Fsp3) is 0.435. The molecule has 7 nitrogen and oxygen atoms in total. The van der Waals surface area contributed by atoms with Gasteiger partial charge in [0.2, 0.25) is 10.0 Å². The molecule has 0 spiro atoms. The largest absolute Gasteiger partial charge is 0.368 e. The van der Waals surface area contributed by atoms with Crippen molar-refractivity contribution in [3.05, 3.63) is 60.2 Å². The van der Waals surface area contributed by atoms with Gasteiger partial charge in [0.05, 0.1) is 4.90 Å². The molecule has 31 heavy (non-hydrogen) atoms. The van der Waals surface area contributed by atoms with Crippen molar-refractivity contribution in [3.63, 3.8) is 0 Å². The Labute approximate surface area is 186 Å². The Kier molecular flexibility index (Phi) is 7.56. The molecule has 0 saturated carbocycles. The summed E-state index contributed by atoms with van der Waals surface area (Å²) in [7, 11) is -0.0568. The second-order valence-corrected chi connectivity index (χ2v) is 9.97. The summed E-state index contributed by atoms with van der Waals surface area (Å²) in [6.07, 6.45) is 0. The molecule has 2 aromatic rings. The number of aliphatic imine (C=N–C) groups is 1.